The van der Waals surface area contributed by atoms with E-state index in [0.717, 1.165) is 12.1 Å². The molecule has 0 heterocycles. The fraction of sp³-hybridized carbons (Fsp3) is 0.500. The van der Waals surface area contributed by atoms with Crippen molar-refractivity contribution in [2.45, 2.75) is 26.6 Å². The van der Waals surface area contributed by atoms with E-state index in [9.17, 15) is 18.0 Å². The van der Waals surface area contributed by atoms with Gasteiger partial charge in [-0.05, 0) is 31.5 Å². The maximum Gasteiger partial charge on any atom is 0.416 e. The second kappa shape index (κ2) is 6.04. The fourth-order valence-corrected chi connectivity index (χ4v) is 1.83. The van der Waals surface area contributed by atoms with Crippen LogP contribution < -0.4 is 0 Å². The third kappa shape index (κ3) is 4.13. The zero-order valence-corrected chi connectivity index (χ0v) is 12.3. The highest BCUT2D eigenvalue weighted by Crippen LogP contribution is 2.29. The Morgan fingerprint density at radius 3 is 2.10 bits per heavy atom. The van der Waals surface area contributed by atoms with Gasteiger partial charge in [-0.3, -0.25) is 4.79 Å². The Morgan fingerprint density at radius 1 is 1.20 bits per heavy atom. The van der Waals surface area contributed by atoms with Gasteiger partial charge in [0, 0.05) is 19.5 Å². The van der Waals surface area contributed by atoms with Crippen molar-refractivity contribution in [1.29, 1.82) is 0 Å². The molecule has 0 aliphatic carbocycles. The van der Waals surface area contributed by atoms with Crippen LogP contribution in [0.15, 0.2) is 24.3 Å². The highest BCUT2D eigenvalue weighted by atomic mass is 35.5. The van der Waals surface area contributed by atoms with Crippen LogP contribution in [0.25, 0.3) is 0 Å². The van der Waals surface area contributed by atoms with E-state index in [1.165, 1.54) is 17.0 Å². The molecule has 0 bridgehead atoms. The average Bonchev–Trinajstić information content (AvgIpc) is 2.37. The highest BCUT2D eigenvalue weighted by Gasteiger charge is 2.31. The van der Waals surface area contributed by atoms with Gasteiger partial charge in [0.15, 0.2) is 0 Å². The monoisotopic (exact) mass is 307 g/mol. The smallest absolute Gasteiger partial charge is 0.341 e. The molecule has 6 heteroatoms. The molecule has 1 amide bonds. The van der Waals surface area contributed by atoms with Crippen molar-refractivity contribution in [3.05, 3.63) is 35.4 Å². The van der Waals surface area contributed by atoms with Crippen molar-refractivity contribution in [3.8, 4) is 0 Å². The Kier molecular flexibility index (Phi) is 5.08. The molecular formula is C14H17ClF3NO. The van der Waals surface area contributed by atoms with Gasteiger partial charge in [-0.1, -0.05) is 12.1 Å². The minimum atomic E-state index is -4.35. The number of carbonyl (C=O) groups is 1. The summed E-state index contributed by atoms with van der Waals surface area (Å²) in [4.78, 5) is 13.6. The lowest BCUT2D eigenvalue weighted by molar-refractivity contribution is -0.139. The Labute approximate surface area is 121 Å². The topological polar surface area (TPSA) is 20.3 Å². The van der Waals surface area contributed by atoms with E-state index in [1.54, 1.807) is 20.9 Å². The molecule has 0 atom stereocenters. The zero-order chi connectivity index (χ0) is 15.6. The van der Waals surface area contributed by atoms with Gasteiger partial charge in [0.1, 0.15) is 0 Å². The molecule has 0 aromatic heterocycles. The number of amides is 1. The van der Waals surface area contributed by atoms with Gasteiger partial charge in [0.2, 0.25) is 5.91 Å². The molecule has 0 fully saturated rings. The molecule has 20 heavy (non-hydrogen) atoms. The van der Waals surface area contributed by atoms with Crippen LogP contribution in [0.3, 0.4) is 0 Å². The minimum Gasteiger partial charge on any atom is -0.341 e. The summed E-state index contributed by atoms with van der Waals surface area (Å²) in [6, 6.07) is 4.78. The summed E-state index contributed by atoms with van der Waals surface area (Å²) in [5.41, 5.74) is -0.752. The summed E-state index contributed by atoms with van der Waals surface area (Å²) in [6.45, 7) is 3.70. The second-order valence-corrected chi connectivity index (χ2v) is 5.64. The summed E-state index contributed by atoms with van der Waals surface area (Å²) >= 11 is 5.73. The van der Waals surface area contributed by atoms with Crippen LogP contribution >= 0.6 is 11.6 Å². The third-order valence-corrected chi connectivity index (χ3v) is 3.63. The van der Waals surface area contributed by atoms with Crippen molar-refractivity contribution in [2.24, 2.45) is 5.41 Å². The third-order valence-electron chi connectivity index (χ3n) is 2.96. The first kappa shape index (κ1) is 16.8. The second-order valence-electron chi connectivity index (χ2n) is 5.37. The number of carbonyl (C=O) groups excluding carboxylic acids is 1. The van der Waals surface area contributed by atoms with E-state index in [4.69, 9.17) is 11.6 Å². The van der Waals surface area contributed by atoms with E-state index in [1.807, 2.05) is 0 Å². The van der Waals surface area contributed by atoms with Crippen LogP contribution in [0, 0.1) is 5.41 Å². The zero-order valence-electron chi connectivity index (χ0n) is 11.6. The minimum absolute atomic E-state index is 0.146. The fourth-order valence-electron chi connectivity index (χ4n) is 1.72. The quantitative estimate of drug-likeness (QED) is 0.772. The summed E-state index contributed by atoms with van der Waals surface area (Å²) in [5, 5.41) is 0. The van der Waals surface area contributed by atoms with Gasteiger partial charge < -0.3 is 4.90 Å². The normalized spacial score (nSPS) is 12.3. The first-order valence-electron chi connectivity index (χ1n) is 6.05. The molecule has 0 radical (unpaired) electrons. The number of alkyl halides is 4. The van der Waals surface area contributed by atoms with E-state index in [2.05, 4.69) is 0 Å². The lowest BCUT2D eigenvalue weighted by Crippen LogP contribution is -2.39. The van der Waals surface area contributed by atoms with Crippen molar-refractivity contribution in [2.75, 3.05) is 12.9 Å². The van der Waals surface area contributed by atoms with Gasteiger partial charge in [-0.2, -0.15) is 13.2 Å². The van der Waals surface area contributed by atoms with Crippen LogP contribution in [-0.4, -0.2) is 23.7 Å². The number of rotatable bonds is 4. The number of hydrogen-bond donors (Lipinski definition) is 0. The predicted octanol–water partition coefficient (Wildman–Crippen LogP) is 3.93. The number of nitrogens with zero attached hydrogens (tertiary/aromatic N) is 1. The lowest BCUT2D eigenvalue weighted by Gasteiger charge is -2.27. The van der Waals surface area contributed by atoms with E-state index >= 15 is 0 Å². The molecule has 1 rings (SSSR count). The molecule has 0 saturated heterocycles. The van der Waals surface area contributed by atoms with Crippen LogP contribution in [0.2, 0.25) is 0 Å². The van der Waals surface area contributed by atoms with Gasteiger partial charge in [0.05, 0.1) is 11.0 Å². The molecule has 0 unspecified atom stereocenters. The van der Waals surface area contributed by atoms with Crippen molar-refractivity contribution < 1.29 is 18.0 Å². The van der Waals surface area contributed by atoms with Gasteiger partial charge in [-0.25, -0.2) is 0 Å². The highest BCUT2D eigenvalue weighted by molar-refractivity contribution is 6.19. The van der Waals surface area contributed by atoms with E-state index in [0.29, 0.717) is 5.56 Å². The van der Waals surface area contributed by atoms with Gasteiger partial charge in [-0.15, -0.1) is 11.6 Å². The van der Waals surface area contributed by atoms with Crippen molar-refractivity contribution in [1.82, 2.24) is 4.90 Å². The Balaban J connectivity index is 2.77. The number of halogens is 4. The molecule has 112 valence electrons. The van der Waals surface area contributed by atoms with Gasteiger partial charge in [0.25, 0.3) is 0 Å². The van der Waals surface area contributed by atoms with E-state index in [-0.39, 0.29) is 18.3 Å². The average molecular weight is 308 g/mol. The summed E-state index contributed by atoms with van der Waals surface area (Å²) in [6.07, 6.45) is -4.35. The number of benzene rings is 1. The van der Waals surface area contributed by atoms with Crippen LogP contribution in [0.1, 0.15) is 25.0 Å². The van der Waals surface area contributed by atoms with Gasteiger partial charge >= 0.3 is 6.18 Å². The summed E-state index contributed by atoms with van der Waals surface area (Å²) in [7, 11) is 1.61. The maximum absolute atomic E-state index is 12.4. The molecule has 1 aromatic carbocycles. The first-order valence-corrected chi connectivity index (χ1v) is 6.59. The van der Waals surface area contributed by atoms with E-state index < -0.39 is 17.2 Å². The van der Waals surface area contributed by atoms with Crippen molar-refractivity contribution in [3.63, 3.8) is 0 Å². The SMILES string of the molecule is CN(Cc1ccc(C(F)(F)F)cc1)C(=O)C(C)(C)CCl. The lowest BCUT2D eigenvalue weighted by atomic mass is 9.94. The van der Waals surface area contributed by atoms with Crippen LogP contribution in [0.4, 0.5) is 13.2 Å². The summed E-state index contributed by atoms with van der Waals surface area (Å²) < 4.78 is 37.3. The molecule has 2 nitrogen and oxygen atoms in total. The standard InChI is InChI=1S/C14H17ClF3NO/c1-13(2,9-15)12(20)19(3)8-10-4-6-11(7-5-10)14(16,17)18/h4-7H,8-9H2,1-3H3. The van der Waals surface area contributed by atoms with Crippen molar-refractivity contribution >= 4 is 17.5 Å². The molecule has 1 aromatic rings. The molecular weight excluding hydrogens is 291 g/mol. The molecule has 0 spiro atoms. The molecule has 0 saturated carbocycles. The molecule has 0 N–H and O–H groups in total. The first-order chi connectivity index (χ1) is 9.08. The molecule has 0 aliphatic rings. The van der Waals surface area contributed by atoms with Crippen LogP contribution in [0.5, 0.6) is 0 Å². The van der Waals surface area contributed by atoms with Crippen LogP contribution in [-0.2, 0) is 17.5 Å². The largest absolute Gasteiger partial charge is 0.416 e. The number of hydrogen-bond acceptors (Lipinski definition) is 1. The summed E-state index contributed by atoms with van der Waals surface area (Å²) in [5.74, 6) is 0.0378. The predicted molar refractivity (Wildman–Crippen MR) is 72.4 cm³/mol. The molecule has 0 aliphatic heterocycles. The Morgan fingerprint density at radius 2 is 1.70 bits per heavy atom. The Hall–Kier alpha value is -1.23. The maximum atomic E-state index is 12.4. The Bertz CT molecular complexity index is 468.